The first-order valence-corrected chi connectivity index (χ1v) is 6.39. The van der Waals surface area contributed by atoms with Crippen LogP contribution < -0.4 is 0 Å². The summed E-state index contributed by atoms with van der Waals surface area (Å²) >= 11 is 3.52. The normalized spacial score (nSPS) is 12.7. The van der Waals surface area contributed by atoms with Gasteiger partial charge in [-0.2, -0.15) is 0 Å². The van der Waals surface area contributed by atoms with E-state index in [-0.39, 0.29) is 6.10 Å². The minimum absolute atomic E-state index is 0.380. The van der Waals surface area contributed by atoms with Gasteiger partial charge in [0.15, 0.2) is 0 Å². The van der Waals surface area contributed by atoms with Crippen LogP contribution in [0.15, 0.2) is 39.2 Å². The number of rotatable bonds is 3. The van der Waals surface area contributed by atoms with Gasteiger partial charge in [0.25, 0.3) is 0 Å². The lowest BCUT2D eigenvalue weighted by molar-refractivity contribution is 0.187. The second-order valence-electron chi connectivity index (χ2n) is 4.30. The van der Waals surface area contributed by atoms with Gasteiger partial charge < -0.3 is 9.52 Å². The van der Waals surface area contributed by atoms with Crippen molar-refractivity contribution in [3.05, 3.63) is 46.1 Å². The predicted octanol–water partition coefficient (Wildman–Crippen LogP) is 3.94. The highest BCUT2D eigenvalue weighted by Gasteiger charge is 2.09. The van der Waals surface area contributed by atoms with E-state index in [1.807, 2.05) is 24.3 Å². The molecule has 1 atom stereocenters. The third-order valence-electron chi connectivity index (χ3n) is 2.55. The van der Waals surface area contributed by atoms with Crippen LogP contribution in [0.2, 0.25) is 0 Å². The lowest BCUT2D eigenvalue weighted by atomic mass is 10.1. The van der Waals surface area contributed by atoms with Crippen molar-refractivity contribution in [3.63, 3.8) is 0 Å². The molecular formula is C14H15BrO2. The molecule has 0 saturated heterocycles. The highest BCUT2D eigenvalue weighted by molar-refractivity contribution is 9.10. The van der Waals surface area contributed by atoms with Gasteiger partial charge in [0.05, 0.1) is 6.10 Å². The van der Waals surface area contributed by atoms with Crippen molar-refractivity contribution in [2.24, 2.45) is 0 Å². The summed E-state index contributed by atoms with van der Waals surface area (Å²) in [6, 6.07) is 10.00. The molecule has 0 radical (unpaired) electrons. The molecule has 0 aliphatic heterocycles. The molecule has 0 amide bonds. The van der Waals surface area contributed by atoms with E-state index >= 15 is 0 Å². The molecule has 1 aromatic heterocycles. The molecule has 0 fully saturated rings. The highest BCUT2D eigenvalue weighted by atomic mass is 79.9. The summed E-state index contributed by atoms with van der Waals surface area (Å²) < 4.78 is 6.74. The van der Waals surface area contributed by atoms with Crippen molar-refractivity contribution in [2.45, 2.75) is 26.4 Å². The minimum atomic E-state index is -0.380. The number of furan rings is 1. The van der Waals surface area contributed by atoms with Gasteiger partial charge in [-0.15, -0.1) is 0 Å². The molecule has 1 aromatic carbocycles. The van der Waals surface area contributed by atoms with E-state index in [1.54, 1.807) is 6.92 Å². The van der Waals surface area contributed by atoms with Crippen LogP contribution >= 0.6 is 15.9 Å². The van der Waals surface area contributed by atoms with Crippen molar-refractivity contribution < 1.29 is 9.52 Å². The van der Waals surface area contributed by atoms with Gasteiger partial charge in [0.1, 0.15) is 11.5 Å². The Morgan fingerprint density at radius 2 is 2.06 bits per heavy atom. The maximum Gasteiger partial charge on any atom is 0.135 e. The molecule has 0 bridgehead atoms. The Hall–Kier alpha value is -1.06. The zero-order valence-electron chi connectivity index (χ0n) is 9.90. The number of hydrogen-bond donors (Lipinski definition) is 1. The first-order chi connectivity index (χ1) is 8.06. The maximum absolute atomic E-state index is 9.32. The van der Waals surface area contributed by atoms with E-state index in [1.165, 1.54) is 5.56 Å². The number of benzene rings is 1. The van der Waals surface area contributed by atoms with E-state index in [2.05, 4.69) is 28.9 Å². The second-order valence-corrected chi connectivity index (χ2v) is 5.16. The summed E-state index contributed by atoms with van der Waals surface area (Å²) in [5.41, 5.74) is 2.23. The van der Waals surface area contributed by atoms with Gasteiger partial charge in [-0.3, -0.25) is 0 Å². The van der Waals surface area contributed by atoms with Gasteiger partial charge in [-0.05, 0) is 38.1 Å². The first-order valence-electron chi connectivity index (χ1n) is 5.59. The molecule has 2 nitrogen and oxygen atoms in total. The molecule has 1 heterocycles. The van der Waals surface area contributed by atoms with Crippen LogP contribution in [0.25, 0.3) is 11.3 Å². The fourth-order valence-corrected chi connectivity index (χ4v) is 2.19. The lowest BCUT2D eigenvalue weighted by Gasteiger charge is -2.03. The van der Waals surface area contributed by atoms with Crippen molar-refractivity contribution in [1.82, 2.24) is 0 Å². The Morgan fingerprint density at radius 1 is 1.29 bits per heavy atom. The van der Waals surface area contributed by atoms with Crippen LogP contribution in [0.3, 0.4) is 0 Å². The first kappa shape index (κ1) is 12.4. The van der Waals surface area contributed by atoms with Crippen LogP contribution in [0, 0.1) is 6.92 Å². The fourth-order valence-electron chi connectivity index (χ4n) is 1.75. The van der Waals surface area contributed by atoms with Gasteiger partial charge in [0.2, 0.25) is 0 Å². The summed E-state index contributed by atoms with van der Waals surface area (Å²) in [7, 11) is 0. The fraction of sp³-hybridized carbons (Fsp3) is 0.286. The molecule has 17 heavy (non-hydrogen) atoms. The van der Waals surface area contributed by atoms with Gasteiger partial charge in [-0.25, -0.2) is 0 Å². The maximum atomic E-state index is 9.32. The average molecular weight is 295 g/mol. The van der Waals surface area contributed by atoms with Crippen molar-refractivity contribution >= 4 is 15.9 Å². The lowest BCUT2D eigenvalue weighted by Crippen LogP contribution is -2.02. The minimum Gasteiger partial charge on any atom is -0.461 e. The molecule has 0 spiro atoms. The van der Waals surface area contributed by atoms with E-state index in [0.717, 1.165) is 21.6 Å². The van der Waals surface area contributed by atoms with Crippen molar-refractivity contribution in [1.29, 1.82) is 0 Å². The SMILES string of the molecule is Cc1ccc(Br)c(-c2ccc(CC(C)O)o2)c1. The van der Waals surface area contributed by atoms with E-state index in [9.17, 15) is 5.11 Å². The predicted molar refractivity (Wildman–Crippen MR) is 72.0 cm³/mol. The van der Waals surface area contributed by atoms with Crippen LogP contribution in [-0.2, 0) is 6.42 Å². The van der Waals surface area contributed by atoms with Gasteiger partial charge in [0, 0.05) is 16.5 Å². The standard InChI is InChI=1S/C14H15BrO2/c1-9-3-5-13(15)12(7-9)14-6-4-11(17-14)8-10(2)16/h3-7,10,16H,8H2,1-2H3. The number of halogens is 1. The third-order valence-corrected chi connectivity index (χ3v) is 3.24. The molecule has 0 saturated carbocycles. The van der Waals surface area contributed by atoms with E-state index < -0.39 is 0 Å². The monoisotopic (exact) mass is 294 g/mol. The van der Waals surface area contributed by atoms with Crippen LogP contribution in [0.1, 0.15) is 18.2 Å². The van der Waals surface area contributed by atoms with Gasteiger partial charge >= 0.3 is 0 Å². The Morgan fingerprint density at radius 3 is 2.76 bits per heavy atom. The zero-order chi connectivity index (χ0) is 12.4. The molecule has 1 unspecified atom stereocenters. The van der Waals surface area contributed by atoms with Crippen molar-refractivity contribution in [2.75, 3.05) is 0 Å². The topological polar surface area (TPSA) is 33.4 Å². The van der Waals surface area contributed by atoms with Crippen LogP contribution in [0.4, 0.5) is 0 Å². The molecule has 3 heteroatoms. The number of aryl methyl sites for hydroxylation is 1. The Labute approximate surface area is 109 Å². The summed E-state index contributed by atoms with van der Waals surface area (Å²) in [4.78, 5) is 0. The number of aliphatic hydroxyl groups excluding tert-OH is 1. The quantitative estimate of drug-likeness (QED) is 0.930. The van der Waals surface area contributed by atoms with Crippen molar-refractivity contribution in [3.8, 4) is 11.3 Å². The molecule has 2 aromatic rings. The molecule has 2 rings (SSSR count). The highest BCUT2D eigenvalue weighted by Crippen LogP contribution is 2.30. The molecule has 0 aliphatic rings. The van der Waals surface area contributed by atoms with E-state index in [0.29, 0.717) is 6.42 Å². The Balaban J connectivity index is 2.33. The van der Waals surface area contributed by atoms with E-state index in [4.69, 9.17) is 4.42 Å². The smallest absolute Gasteiger partial charge is 0.135 e. The Bertz CT molecular complexity index is 515. The van der Waals surface area contributed by atoms with Crippen LogP contribution in [-0.4, -0.2) is 11.2 Å². The molecule has 1 N–H and O–H groups in total. The number of hydrogen-bond acceptors (Lipinski definition) is 2. The summed E-state index contributed by atoms with van der Waals surface area (Å²) in [6.45, 7) is 3.81. The van der Waals surface area contributed by atoms with Crippen LogP contribution in [0.5, 0.6) is 0 Å². The second kappa shape index (κ2) is 5.07. The summed E-state index contributed by atoms with van der Waals surface area (Å²) in [6.07, 6.45) is 0.165. The molecule has 90 valence electrons. The summed E-state index contributed by atoms with van der Waals surface area (Å²) in [5, 5.41) is 9.32. The molecule has 0 aliphatic carbocycles. The largest absolute Gasteiger partial charge is 0.461 e. The zero-order valence-corrected chi connectivity index (χ0v) is 11.5. The molecular weight excluding hydrogens is 280 g/mol. The summed E-state index contributed by atoms with van der Waals surface area (Å²) in [5.74, 6) is 1.64. The van der Waals surface area contributed by atoms with Gasteiger partial charge in [-0.1, -0.05) is 27.6 Å². The number of aliphatic hydroxyl groups is 1. The third kappa shape index (κ3) is 2.99. The average Bonchev–Trinajstić information content (AvgIpc) is 2.69. The Kier molecular flexibility index (Phi) is 3.69.